The van der Waals surface area contributed by atoms with Crippen molar-refractivity contribution in [3.05, 3.63) is 60.2 Å². The summed E-state index contributed by atoms with van der Waals surface area (Å²) in [5, 5.41) is 2.69. The molecular formula is C21H28ClN3O2. The molecule has 2 amide bonds. The van der Waals surface area contributed by atoms with E-state index in [9.17, 15) is 9.59 Å². The standard InChI is InChI=1S/C21H27N3O2.ClH/c1-3-14(2)19(20(23)25)24-21(26)18(22)13-15-9-11-17(12-10-15)16-7-5-4-6-8-16;/h4-12,14,18-19H,3,13,22H2,1-2H3,(H2,23,25)(H,24,26);1H/t14-,18-,19-;/m0./s1. The third-order valence-electron chi connectivity index (χ3n) is 4.67. The Bertz CT molecular complexity index is 735. The van der Waals surface area contributed by atoms with Gasteiger partial charge >= 0.3 is 0 Å². The smallest absolute Gasteiger partial charge is 0.240 e. The van der Waals surface area contributed by atoms with Crippen LogP contribution >= 0.6 is 12.4 Å². The van der Waals surface area contributed by atoms with Crippen molar-refractivity contribution in [3.63, 3.8) is 0 Å². The molecule has 5 N–H and O–H groups in total. The van der Waals surface area contributed by atoms with Crippen LogP contribution in [0.1, 0.15) is 25.8 Å². The highest BCUT2D eigenvalue weighted by Crippen LogP contribution is 2.19. The molecule has 0 saturated heterocycles. The van der Waals surface area contributed by atoms with E-state index in [0.29, 0.717) is 6.42 Å². The Kier molecular flexibility index (Phi) is 8.98. The highest BCUT2D eigenvalue weighted by Gasteiger charge is 2.26. The minimum absolute atomic E-state index is 0. The monoisotopic (exact) mass is 389 g/mol. The van der Waals surface area contributed by atoms with Crippen molar-refractivity contribution in [2.24, 2.45) is 17.4 Å². The number of carbonyl (C=O) groups excluding carboxylic acids is 2. The van der Waals surface area contributed by atoms with Gasteiger partial charge in [0.2, 0.25) is 11.8 Å². The van der Waals surface area contributed by atoms with E-state index in [4.69, 9.17) is 11.5 Å². The highest BCUT2D eigenvalue weighted by atomic mass is 35.5. The van der Waals surface area contributed by atoms with Crippen molar-refractivity contribution in [1.82, 2.24) is 5.32 Å². The Labute approximate surface area is 166 Å². The average molecular weight is 390 g/mol. The van der Waals surface area contributed by atoms with Crippen LogP contribution < -0.4 is 16.8 Å². The minimum atomic E-state index is -0.733. The van der Waals surface area contributed by atoms with E-state index in [1.54, 1.807) is 0 Å². The molecule has 2 rings (SSSR count). The van der Waals surface area contributed by atoms with Gasteiger partial charge < -0.3 is 16.8 Å². The van der Waals surface area contributed by atoms with Gasteiger partial charge in [-0.15, -0.1) is 12.4 Å². The van der Waals surface area contributed by atoms with Gasteiger partial charge in [-0.1, -0.05) is 74.9 Å². The summed E-state index contributed by atoms with van der Waals surface area (Å²) < 4.78 is 0. The SMILES string of the molecule is CC[C@H](C)[C@H](NC(=O)[C@@H](N)Cc1ccc(-c2ccccc2)cc1)C(N)=O.Cl. The summed E-state index contributed by atoms with van der Waals surface area (Å²) in [4.78, 5) is 23.9. The zero-order chi connectivity index (χ0) is 19.1. The lowest BCUT2D eigenvalue weighted by Crippen LogP contribution is -2.53. The van der Waals surface area contributed by atoms with Crippen molar-refractivity contribution < 1.29 is 9.59 Å². The number of primary amides is 1. The summed E-state index contributed by atoms with van der Waals surface area (Å²) in [5.74, 6) is -0.929. The van der Waals surface area contributed by atoms with Crippen LogP contribution in [0.25, 0.3) is 11.1 Å². The van der Waals surface area contributed by atoms with Crippen LogP contribution in [0.15, 0.2) is 54.6 Å². The molecule has 0 radical (unpaired) electrons. The molecule has 27 heavy (non-hydrogen) atoms. The molecule has 0 spiro atoms. The molecule has 3 atom stereocenters. The molecule has 0 saturated carbocycles. The normalized spacial score (nSPS) is 13.7. The fraction of sp³-hybridized carbons (Fsp3) is 0.333. The van der Waals surface area contributed by atoms with E-state index in [1.165, 1.54) is 0 Å². The second kappa shape index (κ2) is 10.7. The zero-order valence-corrected chi connectivity index (χ0v) is 16.5. The van der Waals surface area contributed by atoms with E-state index in [-0.39, 0.29) is 24.2 Å². The summed E-state index contributed by atoms with van der Waals surface area (Å²) >= 11 is 0. The maximum absolute atomic E-state index is 12.3. The Hall–Kier alpha value is -2.37. The number of nitrogens with one attached hydrogen (secondary N) is 1. The topological polar surface area (TPSA) is 98.2 Å². The van der Waals surface area contributed by atoms with Gasteiger partial charge in [-0.3, -0.25) is 9.59 Å². The van der Waals surface area contributed by atoms with Crippen LogP contribution in [-0.4, -0.2) is 23.9 Å². The van der Waals surface area contributed by atoms with Crippen LogP contribution in [0.4, 0.5) is 0 Å². The number of benzene rings is 2. The van der Waals surface area contributed by atoms with Gasteiger partial charge in [0, 0.05) is 0 Å². The molecule has 0 aromatic heterocycles. The van der Waals surface area contributed by atoms with E-state index in [0.717, 1.165) is 23.1 Å². The first-order valence-electron chi connectivity index (χ1n) is 8.92. The van der Waals surface area contributed by atoms with Gasteiger partial charge in [-0.05, 0) is 29.0 Å². The second-order valence-electron chi connectivity index (χ2n) is 6.65. The molecule has 6 heteroatoms. The number of hydrogen-bond donors (Lipinski definition) is 3. The van der Waals surface area contributed by atoms with Gasteiger partial charge in [0.1, 0.15) is 6.04 Å². The quantitative estimate of drug-likeness (QED) is 0.647. The first-order valence-corrected chi connectivity index (χ1v) is 8.92. The van der Waals surface area contributed by atoms with Gasteiger partial charge in [0.15, 0.2) is 0 Å². The maximum atomic E-state index is 12.3. The van der Waals surface area contributed by atoms with Crippen LogP contribution in [-0.2, 0) is 16.0 Å². The largest absolute Gasteiger partial charge is 0.368 e. The van der Waals surface area contributed by atoms with E-state index in [1.807, 2.05) is 68.4 Å². The number of amides is 2. The molecule has 146 valence electrons. The third-order valence-corrected chi connectivity index (χ3v) is 4.67. The van der Waals surface area contributed by atoms with Crippen molar-refractivity contribution in [1.29, 1.82) is 0 Å². The van der Waals surface area contributed by atoms with Crippen LogP contribution in [0, 0.1) is 5.92 Å². The van der Waals surface area contributed by atoms with Gasteiger partial charge in [0.25, 0.3) is 0 Å². The Morgan fingerprint density at radius 3 is 2.07 bits per heavy atom. The van der Waals surface area contributed by atoms with E-state index >= 15 is 0 Å². The van der Waals surface area contributed by atoms with E-state index in [2.05, 4.69) is 5.32 Å². The molecule has 2 aromatic rings. The van der Waals surface area contributed by atoms with Gasteiger partial charge in [0.05, 0.1) is 6.04 Å². The third kappa shape index (κ3) is 6.38. The number of nitrogens with two attached hydrogens (primary N) is 2. The molecule has 0 aliphatic heterocycles. The zero-order valence-electron chi connectivity index (χ0n) is 15.7. The molecular weight excluding hydrogens is 362 g/mol. The fourth-order valence-electron chi connectivity index (χ4n) is 2.80. The molecule has 5 nitrogen and oxygen atoms in total. The number of carbonyl (C=O) groups is 2. The minimum Gasteiger partial charge on any atom is -0.368 e. The molecule has 0 aliphatic carbocycles. The summed E-state index contributed by atoms with van der Waals surface area (Å²) in [7, 11) is 0. The first kappa shape index (κ1) is 22.7. The lowest BCUT2D eigenvalue weighted by molar-refractivity contribution is -0.129. The Morgan fingerprint density at radius 2 is 1.56 bits per heavy atom. The van der Waals surface area contributed by atoms with Crippen molar-refractivity contribution in [3.8, 4) is 11.1 Å². The van der Waals surface area contributed by atoms with E-state index < -0.39 is 18.0 Å². The summed E-state index contributed by atoms with van der Waals surface area (Å²) in [6.07, 6.45) is 1.14. The lowest BCUT2D eigenvalue weighted by Gasteiger charge is -2.23. The van der Waals surface area contributed by atoms with Crippen LogP contribution in [0.3, 0.4) is 0 Å². The fourth-order valence-corrected chi connectivity index (χ4v) is 2.80. The lowest BCUT2D eigenvalue weighted by atomic mass is 9.97. The number of halogens is 1. The maximum Gasteiger partial charge on any atom is 0.240 e. The predicted molar refractivity (Wildman–Crippen MR) is 111 cm³/mol. The Morgan fingerprint density at radius 1 is 1.00 bits per heavy atom. The van der Waals surface area contributed by atoms with Gasteiger partial charge in [-0.2, -0.15) is 0 Å². The second-order valence-corrected chi connectivity index (χ2v) is 6.65. The van der Waals surface area contributed by atoms with Crippen molar-refractivity contribution in [2.75, 3.05) is 0 Å². The predicted octanol–water partition coefficient (Wildman–Crippen LogP) is 2.66. The molecule has 0 fully saturated rings. The molecule has 0 heterocycles. The van der Waals surface area contributed by atoms with Crippen LogP contribution in [0.5, 0.6) is 0 Å². The van der Waals surface area contributed by atoms with Crippen molar-refractivity contribution >= 4 is 24.2 Å². The summed E-state index contributed by atoms with van der Waals surface area (Å²) in [5.41, 5.74) is 14.6. The first-order chi connectivity index (χ1) is 12.4. The molecule has 0 bridgehead atoms. The summed E-state index contributed by atoms with van der Waals surface area (Å²) in [6.45, 7) is 3.82. The summed E-state index contributed by atoms with van der Waals surface area (Å²) in [6, 6.07) is 16.6. The molecule has 0 aliphatic rings. The molecule has 0 unspecified atom stereocenters. The number of hydrogen-bond acceptors (Lipinski definition) is 3. The number of rotatable bonds is 8. The highest BCUT2D eigenvalue weighted by molar-refractivity contribution is 5.89. The Balaban J connectivity index is 0.00000364. The van der Waals surface area contributed by atoms with Crippen molar-refractivity contribution in [2.45, 2.75) is 38.8 Å². The van der Waals surface area contributed by atoms with Gasteiger partial charge in [-0.25, -0.2) is 0 Å². The van der Waals surface area contributed by atoms with Crippen LogP contribution in [0.2, 0.25) is 0 Å². The average Bonchev–Trinajstić information content (AvgIpc) is 2.66. The molecule has 2 aromatic carbocycles.